The summed E-state index contributed by atoms with van der Waals surface area (Å²) in [6.45, 7) is 36.7. The van der Waals surface area contributed by atoms with Crippen molar-refractivity contribution in [3.63, 3.8) is 0 Å². The van der Waals surface area contributed by atoms with Crippen LogP contribution in [0.2, 0.25) is 36.3 Å². The van der Waals surface area contributed by atoms with Gasteiger partial charge in [0.1, 0.15) is 6.29 Å². The molecule has 5 nitrogen and oxygen atoms in total. The highest BCUT2D eigenvalue weighted by Gasteiger charge is 2.44. The maximum atomic E-state index is 13.4. The number of aryl methyl sites for hydroxylation is 1. The Morgan fingerprint density at radius 3 is 1.96 bits per heavy atom. The Bertz CT molecular complexity index is 1180. The smallest absolute Gasteiger partial charge is 0.192 e. The average Bonchev–Trinajstić information content (AvgIpc) is 3.31. The molecule has 1 heterocycles. The zero-order valence-corrected chi connectivity index (χ0v) is 34.8. The molecule has 1 rings (SSSR count). The Morgan fingerprint density at radius 1 is 0.956 bits per heavy atom. The summed E-state index contributed by atoms with van der Waals surface area (Å²) in [4.78, 5) is 29.8. The van der Waals surface area contributed by atoms with E-state index in [2.05, 4.69) is 111 Å². The van der Waals surface area contributed by atoms with Gasteiger partial charge in [0, 0.05) is 11.3 Å². The first-order chi connectivity index (χ1) is 20.3. The van der Waals surface area contributed by atoms with E-state index in [0.29, 0.717) is 0 Å². The number of ketones is 1. The second-order valence-electron chi connectivity index (χ2n) is 17.0. The van der Waals surface area contributed by atoms with Gasteiger partial charge in [0.2, 0.25) is 0 Å². The minimum Gasteiger partial charge on any atom is -0.413 e. The fourth-order valence-corrected chi connectivity index (χ4v) is 8.32. The first kappa shape index (κ1) is 41.8. The molecule has 0 saturated heterocycles. The predicted octanol–water partition coefficient (Wildman–Crippen LogP) is 11.2. The Kier molecular flexibility index (Phi) is 15.1. The number of carbonyl (C=O) groups is 2. The largest absolute Gasteiger partial charge is 0.413 e. The molecule has 0 fully saturated rings. The quantitative estimate of drug-likeness (QED) is 0.0710. The lowest BCUT2D eigenvalue weighted by atomic mass is 9.77. The molecule has 1 aromatic heterocycles. The summed E-state index contributed by atoms with van der Waals surface area (Å²) in [6, 6.07) is 0. The highest BCUT2D eigenvalue weighted by Crippen LogP contribution is 2.41. The molecule has 258 valence electrons. The van der Waals surface area contributed by atoms with Gasteiger partial charge in [0.15, 0.2) is 22.4 Å². The number of Topliss-reactive ketones (excluding diaryl/α,β-unsaturated/α-hetero) is 1. The fraction of sp³-hybridized carbons (Fsp3) is 0.757. The molecule has 0 radical (unpaired) electrons. The zero-order valence-electron chi connectivity index (χ0n) is 31.9. The highest BCUT2D eigenvalue weighted by molar-refractivity contribution is 7.09. The van der Waals surface area contributed by atoms with Crippen LogP contribution in [-0.2, 0) is 18.4 Å². The van der Waals surface area contributed by atoms with Crippen LogP contribution >= 0.6 is 11.3 Å². The summed E-state index contributed by atoms with van der Waals surface area (Å²) in [5, 5.41) is 3.34. The number of hydrogen-bond donors (Lipinski definition) is 0. The third kappa shape index (κ3) is 12.4. The molecule has 0 saturated carbocycles. The van der Waals surface area contributed by atoms with E-state index in [1.54, 1.807) is 25.2 Å². The minimum absolute atomic E-state index is 0.0113. The van der Waals surface area contributed by atoms with Gasteiger partial charge in [0.25, 0.3) is 0 Å². The molecule has 0 unspecified atom stereocenters. The highest BCUT2D eigenvalue weighted by atomic mass is 32.1. The topological polar surface area (TPSA) is 65.5 Å². The van der Waals surface area contributed by atoms with E-state index in [1.807, 2.05) is 13.8 Å². The van der Waals surface area contributed by atoms with Crippen LogP contribution in [0.5, 0.6) is 0 Å². The molecule has 4 atom stereocenters. The third-order valence-corrected chi connectivity index (χ3v) is 20.1. The van der Waals surface area contributed by atoms with Crippen molar-refractivity contribution < 1.29 is 18.4 Å². The first-order valence-corrected chi connectivity index (χ1v) is 23.6. The zero-order chi connectivity index (χ0) is 35.2. The van der Waals surface area contributed by atoms with Crippen LogP contribution < -0.4 is 0 Å². The molecular weight excluding hydrogens is 611 g/mol. The summed E-state index contributed by atoms with van der Waals surface area (Å²) in [7, 11) is -4.12. The SMILES string of the molecule is CC(=CC[C@H](O[Si](C)(C)C(C)(C)C)C(C)=Cc1csc(C)n1)CCC[C@H](C)[C@H](O[Si](C)(C)C(C)(C)C)[C@@H](C)C(=O)C(C)(C)C=O. The Balaban J connectivity index is 3.11. The molecule has 0 spiro atoms. The van der Waals surface area contributed by atoms with Crippen molar-refractivity contribution >= 4 is 46.1 Å². The van der Waals surface area contributed by atoms with E-state index in [1.165, 1.54) is 11.1 Å². The normalized spacial score (nSPS) is 17.2. The Morgan fingerprint density at radius 2 is 1.49 bits per heavy atom. The molecular formula is C37H67NO4SSi2. The van der Waals surface area contributed by atoms with Gasteiger partial charge in [0.05, 0.1) is 28.3 Å². The molecule has 1 aromatic rings. The summed E-state index contributed by atoms with van der Waals surface area (Å²) >= 11 is 1.68. The van der Waals surface area contributed by atoms with E-state index in [4.69, 9.17) is 8.85 Å². The van der Waals surface area contributed by atoms with Crippen molar-refractivity contribution in [2.24, 2.45) is 17.3 Å². The number of aromatic nitrogens is 1. The van der Waals surface area contributed by atoms with Gasteiger partial charge in [-0.3, -0.25) is 4.79 Å². The van der Waals surface area contributed by atoms with Gasteiger partial charge < -0.3 is 13.6 Å². The monoisotopic (exact) mass is 677 g/mol. The van der Waals surface area contributed by atoms with Crippen LogP contribution in [0.25, 0.3) is 6.08 Å². The Hall–Kier alpha value is -1.20. The molecule has 0 aliphatic carbocycles. The fourth-order valence-electron chi connectivity index (χ4n) is 4.93. The summed E-state index contributed by atoms with van der Waals surface area (Å²) < 4.78 is 13.9. The molecule has 45 heavy (non-hydrogen) atoms. The average molecular weight is 678 g/mol. The third-order valence-electron chi connectivity index (χ3n) is 10.3. The molecule has 0 aliphatic rings. The van der Waals surface area contributed by atoms with E-state index >= 15 is 0 Å². The lowest BCUT2D eigenvalue weighted by Gasteiger charge is -2.43. The van der Waals surface area contributed by atoms with Crippen LogP contribution in [0.3, 0.4) is 0 Å². The maximum Gasteiger partial charge on any atom is 0.192 e. The van der Waals surface area contributed by atoms with Crippen molar-refractivity contribution in [2.75, 3.05) is 0 Å². The second kappa shape index (κ2) is 16.3. The number of carbonyl (C=O) groups excluding carboxylic acids is 2. The molecule has 0 amide bonds. The number of hydrogen-bond acceptors (Lipinski definition) is 6. The van der Waals surface area contributed by atoms with Crippen LogP contribution in [0.15, 0.2) is 22.6 Å². The number of nitrogens with zero attached hydrogens (tertiary/aromatic N) is 1. The van der Waals surface area contributed by atoms with Crippen molar-refractivity contribution in [1.29, 1.82) is 0 Å². The van der Waals surface area contributed by atoms with Crippen LogP contribution in [-0.4, -0.2) is 45.9 Å². The van der Waals surface area contributed by atoms with Crippen LogP contribution in [0, 0.1) is 24.2 Å². The molecule has 0 bridgehead atoms. The number of aldehydes is 1. The van der Waals surface area contributed by atoms with E-state index in [0.717, 1.165) is 42.7 Å². The maximum absolute atomic E-state index is 13.4. The standard InChI is InChI=1S/C37H67NO4SSi2/c1-26(21-22-32(41-44(14,15)35(6,7)8)28(3)23-31-24-43-30(5)38-31)19-18-20-27(2)33(42-45(16,17)36(9,10)11)29(4)34(40)37(12,13)25-39/h21,23-25,27,29,32-33H,18-20,22H2,1-17H3/t27-,29+,32-,33-/m0/s1. The van der Waals surface area contributed by atoms with E-state index in [9.17, 15) is 9.59 Å². The van der Waals surface area contributed by atoms with Crippen LogP contribution in [0.1, 0.15) is 119 Å². The van der Waals surface area contributed by atoms with Crippen molar-refractivity contribution in [2.45, 2.75) is 164 Å². The van der Waals surface area contributed by atoms with Crippen molar-refractivity contribution in [3.05, 3.63) is 33.3 Å². The molecule has 0 N–H and O–H groups in total. The van der Waals surface area contributed by atoms with E-state index in [-0.39, 0.29) is 39.9 Å². The van der Waals surface area contributed by atoms with Crippen molar-refractivity contribution in [1.82, 2.24) is 4.98 Å². The van der Waals surface area contributed by atoms with Gasteiger partial charge >= 0.3 is 0 Å². The number of thiazole rings is 1. The van der Waals surface area contributed by atoms with E-state index < -0.39 is 22.0 Å². The Labute approximate surface area is 283 Å². The predicted molar refractivity (Wildman–Crippen MR) is 200 cm³/mol. The van der Waals surface area contributed by atoms with Crippen molar-refractivity contribution in [3.8, 4) is 0 Å². The summed E-state index contributed by atoms with van der Waals surface area (Å²) in [6.07, 6.45) is 8.91. The summed E-state index contributed by atoms with van der Waals surface area (Å²) in [5.41, 5.74) is 2.57. The van der Waals surface area contributed by atoms with Gasteiger partial charge in [-0.1, -0.05) is 67.0 Å². The first-order valence-electron chi connectivity index (χ1n) is 16.9. The molecule has 0 aliphatic heterocycles. The van der Waals surface area contributed by atoms with Gasteiger partial charge in [-0.05, 0) is 114 Å². The van der Waals surface area contributed by atoms with Gasteiger partial charge in [-0.15, -0.1) is 11.3 Å². The lowest BCUT2D eigenvalue weighted by Crippen LogP contribution is -2.50. The number of allylic oxidation sites excluding steroid dienone is 1. The number of rotatable bonds is 17. The van der Waals surface area contributed by atoms with Gasteiger partial charge in [-0.25, -0.2) is 4.98 Å². The molecule has 0 aromatic carbocycles. The second-order valence-corrected chi connectivity index (χ2v) is 27.6. The summed E-state index contributed by atoms with van der Waals surface area (Å²) in [5.74, 6) is -0.196. The van der Waals surface area contributed by atoms with Gasteiger partial charge in [-0.2, -0.15) is 0 Å². The minimum atomic E-state index is -2.14. The lowest BCUT2D eigenvalue weighted by molar-refractivity contribution is -0.138. The molecule has 8 heteroatoms. The van der Waals surface area contributed by atoms with Crippen LogP contribution in [0.4, 0.5) is 0 Å².